The van der Waals surface area contributed by atoms with E-state index in [1.807, 2.05) is 0 Å². The van der Waals surface area contributed by atoms with Gasteiger partial charge in [-0.05, 0) is 0 Å². The first-order valence-electron chi connectivity index (χ1n) is 4.18. The van der Waals surface area contributed by atoms with Crippen LogP contribution in [0.5, 0.6) is 0 Å². The molecule has 0 aliphatic carbocycles. The number of benzene rings is 1. The van der Waals surface area contributed by atoms with E-state index in [0.29, 0.717) is 12.1 Å². The summed E-state index contributed by atoms with van der Waals surface area (Å²) in [6, 6.07) is 0.843. The van der Waals surface area contributed by atoms with Crippen molar-refractivity contribution in [2.45, 2.75) is 12.2 Å². The van der Waals surface area contributed by atoms with Gasteiger partial charge in [-0.3, -0.25) is 0 Å². The van der Waals surface area contributed by atoms with Crippen molar-refractivity contribution < 1.29 is 23.4 Å². The standard InChI is InChI=1S/C9H10F3NO2/c10-4-1-5(11)8(6(12)2-4)9(15)7(14)3-13/h1-2,7,9,14-15H,3,13H2. The predicted octanol–water partition coefficient (Wildman–Crippen LogP) is 0.457. The van der Waals surface area contributed by atoms with Crippen LogP contribution in [-0.2, 0) is 0 Å². The number of halogens is 3. The largest absolute Gasteiger partial charge is 0.389 e. The SMILES string of the molecule is NCC(O)C(O)c1c(F)cc(F)cc1F. The Morgan fingerprint density at radius 1 is 1.13 bits per heavy atom. The van der Waals surface area contributed by atoms with E-state index >= 15 is 0 Å². The molecule has 0 aliphatic heterocycles. The Morgan fingerprint density at radius 2 is 1.60 bits per heavy atom. The van der Waals surface area contributed by atoms with Crippen molar-refractivity contribution in [3.63, 3.8) is 0 Å². The molecule has 0 fully saturated rings. The lowest BCUT2D eigenvalue weighted by Crippen LogP contribution is -2.28. The maximum Gasteiger partial charge on any atom is 0.134 e. The molecule has 1 rings (SSSR count). The fourth-order valence-electron chi connectivity index (χ4n) is 1.16. The lowest BCUT2D eigenvalue weighted by molar-refractivity contribution is 0.0198. The summed E-state index contributed by atoms with van der Waals surface area (Å²) in [5, 5.41) is 18.4. The van der Waals surface area contributed by atoms with E-state index < -0.39 is 35.2 Å². The van der Waals surface area contributed by atoms with Gasteiger partial charge in [0.05, 0.1) is 11.7 Å². The van der Waals surface area contributed by atoms with Crippen LogP contribution in [0.3, 0.4) is 0 Å². The Hall–Kier alpha value is -1.11. The monoisotopic (exact) mass is 221 g/mol. The zero-order valence-electron chi connectivity index (χ0n) is 7.62. The van der Waals surface area contributed by atoms with Crippen LogP contribution < -0.4 is 5.73 Å². The molecule has 2 unspecified atom stereocenters. The van der Waals surface area contributed by atoms with Gasteiger partial charge in [-0.25, -0.2) is 13.2 Å². The van der Waals surface area contributed by atoms with Crippen LogP contribution in [0.2, 0.25) is 0 Å². The molecule has 1 aromatic rings. The molecule has 0 bridgehead atoms. The molecule has 0 saturated heterocycles. The molecule has 15 heavy (non-hydrogen) atoms. The molecular weight excluding hydrogens is 211 g/mol. The van der Waals surface area contributed by atoms with Gasteiger partial charge in [0.1, 0.15) is 23.6 Å². The van der Waals surface area contributed by atoms with Crippen LogP contribution in [0, 0.1) is 17.5 Å². The van der Waals surface area contributed by atoms with E-state index in [9.17, 15) is 18.3 Å². The van der Waals surface area contributed by atoms with Crippen molar-refractivity contribution in [1.82, 2.24) is 0 Å². The Labute approximate surface area is 84.0 Å². The average Bonchev–Trinajstić information content (AvgIpc) is 2.14. The number of nitrogens with two attached hydrogens (primary N) is 1. The first-order valence-corrected chi connectivity index (χ1v) is 4.18. The maximum absolute atomic E-state index is 13.1. The smallest absolute Gasteiger partial charge is 0.134 e. The third kappa shape index (κ3) is 2.47. The Morgan fingerprint density at radius 3 is 2.00 bits per heavy atom. The van der Waals surface area contributed by atoms with E-state index in [2.05, 4.69) is 0 Å². The zero-order valence-corrected chi connectivity index (χ0v) is 7.62. The Bertz CT molecular complexity index is 336. The van der Waals surface area contributed by atoms with Gasteiger partial charge in [-0.2, -0.15) is 0 Å². The molecule has 3 nitrogen and oxygen atoms in total. The molecule has 6 heteroatoms. The summed E-state index contributed by atoms with van der Waals surface area (Å²) in [6.07, 6.45) is -3.31. The molecule has 0 amide bonds. The highest BCUT2D eigenvalue weighted by Gasteiger charge is 2.24. The van der Waals surface area contributed by atoms with Gasteiger partial charge < -0.3 is 15.9 Å². The lowest BCUT2D eigenvalue weighted by Gasteiger charge is -2.17. The molecule has 1 aromatic carbocycles. The van der Waals surface area contributed by atoms with E-state index in [4.69, 9.17) is 10.8 Å². The quantitative estimate of drug-likeness (QED) is 0.694. The van der Waals surface area contributed by atoms with Gasteiger partial charge in [0.15, 0.2) is 0 Å². The summed E-state index contributed by atoms with van der Waals surface area (Å²) in [7, 11) is 0. The van der Waals surface area contributed by atoms with Crippen molar-refractivity contribution in [3.8, 4) is 0 Å². The minimum absolute atomic E-state index is 0.364. The summed E-state index contributed by atoms with van der Waals surface area (Å²) in [5.74, 6) is -3.61. The number of hydrogen-bond acceptors (Lipinski definition) is 3. The number of rotatable bonds is 3. The van der Waals surface area contributed by atoms with E-state index in [-0.39, 0.29) is 6.54 Å². The second-order valence-corrected chi connectivity index (χ2v) is 3.03. The van der Waals surface area contributed by atoms with E-state index in [1.54, 1.807) is 0 Å². The lowest BCUT2D eigenvalue weighted by atomic mass is 10.0. The molecule has 2 atom stereocenters. The zero-order chi connectivity index (χ0) is 11.6. The van der Waals surface area contributed by atoms with E-state index in [0.717, 1.165) is 0 Å². The molecule has 0 saturated carbocycles. The fraction of sp³-hybridized carbons (Fsp3) is 0.333. The van der Waals surface area contributed by atoms with Crippen LogP contribution in [0.15, 0.2) is 12.1 Å². The van der Waals surface area contributed by atoms with Crippen LogP contribution in [0.1, 0.15) is 11.7 Å². The summed E-state index contributed by atoms with van der Waals surface area (Å²) in [6.45, 7) is -0.364. The maximum atomic E-state index is 13.1. The van der Waals surface area contributed by atoms with Crippen molar-refractivity contribution in [1.29, 1.82) is 0 Å². The molecule has 0 spiro atoms. The minimum atomic E-state index is -1.81. The third-order valence-corrected chi connectivity index (χ3v) is 1.95. The van der Waals surface area contributed by atoms with Gasteiger partial charge in [0, 0.05) is 18.7 Å². The molecular formula is C9H10F3NO2. The molecule has 0 aromatic heterocycles. The third-order valence-electron chi connectivity index (χ3n) is 1.95. The predicted molar refractivity (Wildman–Crippen MR) is 46.3 cm³/mol. The van der Waals surface area contributed by atoms with Crippen LogP contribution >= 0.6 is 0 Å². The molecule has 0 radical (unpaired) electrons. The second kappa shape index (κ2) is 4.61. The molecule has 0 aliphatic rings. The van der Waals surface area contributed by atoms with Crippen molar-refractivity contribution in [2.75, 3.05) is 6.54 Å². The second-order valence-electron chi connectivity index (χ2n) is 3.03. The Kier molecular flexibility index (Phi) is 3.67. The van der Waals surface area contributed by atoms with Gasteiger partial charge in [0.25, 0.3) is 0 Å². The highest BCUT2D eigenvalue weighted by atomic mass is 19.1. The van der Waals surface area contributed by atoms with E-state index in [1.165, 1.54) is 0 Å². The van der Waals surface area contributed by atoms with Crippen molar-refractivity contribution in [3.05, 3.63) is 35.1 Å². The average molecular weight is 221 g/mol. The molecule has 84 valence electrons. The fourth-order valence-corrected chi connectivity index (χ4v) is 1.16. The van der Waals surface area contributed by atoms with Crippen molar-refractivity contribution in [2.24, 2.45) is 5.73 Å². The molecule has 0 heterocycles. The molecule has 4 N–H and O–H groups in total. The summed E-state index contributed by atoms with van der Waals surface area (Å²) in [5.41, 5.74) is 4.23. The normalized spacial score (nSPS) is 15.1. The number of aliphatic hydroxyl groups excluding tert-OH is 2. The van der Waals surface area contributed by atoms with Gasteiger partial charge in [-0.15, -0.1) is 0 Å². The first kappa shape index (κ1) is 12.0. The van der Waals surface area contributed by atoms with Gasteiger partial charge in [-0.1, -0.05) is 0 Å². The summed E-state index contributed by atoms with van der Waals surface area (Å²) >= 11 is 0. The minimum Gasteiger partial charge on any atom is -0.389 e. The number of hydrogen-bond donors (Lipinski definition) is 3. The first-order chi connectivity index (χ1) is 6.97. The van der Waals surface area contributed by atoms with Crippen molar-refractivity contribution >= 4 is 0 Å². The van der Waals surface area contributed by atoms with Gasteiger partial charge in [0.2, 0.25) is 0 Å². The van der Waals surface area contributed by atoms with Crippen LogP contribution in [0.4, 0.5) is 13.2 Å². The topological polar surface area (TPSA) is 66.5 Å². The summed E-state index contributed by atoms with van der Waals surface area (Å²) in [4.78, 5) is 0. The van der Waals surface area contributed by atoms with Gasteiger partial charge >= 0.3 is 0 Å². The summed E-state index contributed by atoms with van der Waals surface area (Å²) < 4.78 is 38.6. The van der Waals surface area contributed by atoms with Crippen LogP contribution in [0.25, 0.3) is 0 Å². The Balaban J connectivity index is 3.13. The number of aliphatic hydroxyl groups is 2. The highest BCUT2D eigenvalue weighted by molar-refractivity contribution is 5.23. The van der Waals surface area contributed by atoms with Crippen LogP contribution in [-0.4, -0.2) is 22.9 Å². The highest BCUT2D eigenvalue weighted by Crippen LogP contribution is 2.24.